The number of benzene rings is 1. The predicted octanol–water partition coefficient (Wildman–Crippen LogP) is 1.78. The van der Waals surface area contributed by atoms with Gasteiger partial charge in [-0.2, -0.15) is 0 Å². The molecule has 176 valence electrons. The molecule has 0 atom stereocenters. The summed E-state index contributed by atoms with van der Waals surface area (Å²) in [6.45, 7) is 4.47. The Labute approximate surface area is 195 Å². The summed E-state index contributed by atoms with van der Waals surface area (Å²) in [5.41, 5.74) is 5.86. The van der Waals surface area contributed by atoms with Crippen LogP contribution in [0.2, 0.25) is 0 Å². The second kappa shape index (κ2) is 11.0. The second-order valence-electron chi connectivity index (χ2n) is 7.56. The summed E-state index contributed by atoms with van der Waals surface area (Å²) in [4.78, 5) is 42.2. The Bertz CT molecular complexity index is 1220. The Kier molecular flexibility index (Phi) is 8.10. The number of amides is 1. The molecule has 0 fully saturated rings. The van der Waals surface area contributed by atoms with Crippen molar-refractivity contribution in [2.24, 2.45) is 7.05 Å². The van der Waals surface area contributed by atoms with Crippen molar-refractivity contribution in [2.45, 2.75) is 44.8 Å². The lowest BCUT2D eigenvalue weighted by atomic mass is 10.2. The largest absolute Gasteiger partial charge is 0.383 e. The Morgan fingerprint density at radius 3 is 2.55 bits per heavy atom. The molecule has 2 aromatic heterocycles. The molecule has 1 amide bonds. The molecule has 1 aromatic carbocycles. The molecule has 3 rings (SSSR count). The zero-order valence-electron chi connectivity index (χ0n) is 19.1. The highest BCUT2D eigenvalue weighted by atomic mass is 32.2. The third-order valence-electron chi connectivity index (χ3n) is 5.27. The van der Waals surface area contributed by atoms with Gasteiger partial charge in [0.1, 0.15) is 11.6 Å². The fraction of sp³-hybridized carbons (Fsp3) is 0.409. The number of hydrogen-bond acceptors (Lipinski definition) is 7. The third kappa shape index (κ3) is 5.54. The molecule has 2 heterocycles. The monoisotopic (exact) mass is 471 g/mol. The summed E-state index contributed by atoms with van der Waals surface area (Å²) in [5.74, 6) is 0.544. The van der Waals surface area contributed by atoms with Gasteiger partial charge in [0.25, 0.3) is 5.56 Å². The van der Waals surface area contributed by atoms with E-state index < -0.39 is 11.2 Å². The van der Waals surface area contributed by atoms with E-state index in [9.17, 15) is 14.4 Å². The number of hydrogen-bond donors (Lipinski definition) is 2. The molecular weight excluding hydrogens is 442 g/mol. The van der Waals surface area contributed by atoms with Crippen LogP contribution in [0.4, 0.5) is 11.5 Å². The minimum atomic E-state index is -0.678. The number of nitrogens with one attached hydrogen (secondary N) is 1. The molecule has 0 aliphatic heterocycles. The van der Waals surface area contributed by atoms with Crippen LogP contribution in [-0.2, 0) is 24.8 Å². The number of carbonyl (C=O) groups excluding carboxylic acids is 1. The van der Waals surface area contributed by atoms with E-state index >= 15 is 0 Å². The Balaban J connectivity index is 1.93. The first-order valence-corrected chi connectivity index (χ1v) is 11.8. The van der Waals surface area contributed by atoms with Crippen molar-refractivity contribution in [1.29, 1.82) is 0 Å². The molecule has 0 unspecified atom stereocenters. The average molecular weight is 472 g/mol. The SMILES string of the molecule is CCCCN(C(=O)CSc1nnc(CC)n1C)c1c(N)n(Cc2ccccc2)c(=O)[nH]c1=O. The van der Waals surface area contributed by atoms with Crippen LogP contribution in [0.3, 0.4) is 0 Å². The van der Waals surface area contributed by atoms with Gasteiger partial charge >= 0.3 is 5.69 Å². The molecule has 33 heavy (non-hydrogen) atoms. The molecule has 11 heteroatoms. The standard InChI is InChI=1S/C22H29N7O3S/c1-4-6-12-28(17(30)14-33-22-26-25-16(5-2)27(22)3)18-19(23)29(21(32)24-20(18)31)13-15-10-8-7-9-11-15/h7-11H,4-6,12-14,23H2,1-3H3,(H,24,31,32). The van der Waals surface area contributed by atoms with Crippen molar-refractivity contribution < 1.29 is 4.79 Å². The highest BCUT2D eigenvalue weighted by Gasteiger charge is 2.24. The summed E-state index contributed by atoms with van der Waals surface area (Å²) in [6, 6.07) is 9.30. The number of H-pyrrole nitrogens is 1. The van der Waals surface area contributed by atoms with Gasteiger partial charge in [-0.3, -0.25) is 19.1 Å². The number of unbranched alkanes of at least 4 members (excludes halogenated alkanes) is 1. The number of nitrogen functional groups attached to an aromatic ring is 1. The van der Waals surface area contributed by atoms with E-state index in [4.69, 9.17) is 5.73 Å². The van der Waals surface area contributed by atoms with E-state index in [0.29, 0.717) is 18.1 Å². The van der Waals surface area contributed by atoms with Gasteiger partial charge < -0.3 is 15.2 Å². The number of aryl methyl sites for hydroxylation is 1. The van der Waals surface area contributed by atoms with Crippen molar-refractivity contribution in [2.75, 3.05) is 22.9 Å². The molecule has 0 spiro atoms. The quantitative estimate of drug-likeness (QED) is 0.431. The maximum Gasteiger partial charge on any atom is 0.330 e. The minimum absolute atomic E-state index is 0.00297. The van der Waals surface area contributed by atoms with Crippen LogP contribution >= 0.6 is 11.8 Å². The Morgan fingerprint density at radius 1 is 1.18 bits per heavy atom. The molecule has 0 aliphatic rings. The van der Waals surface area contributed by atoms with Gasteiger partial charge in [0.15, 0.2) is 10.8 Å². The Hall–Kier alpha value is -3.34. The van der Waals surface area contributed by atoms with Gasteiger partial charge in [0.05, 0.1) is 12.3 Å². The molecule has 3 N–H and O–H groups in total. The van der Waals surface area contributed by atoms with Crippen LogP contribution in [0.5, 0.6) is 0 Å². The lowest BCUT2D eigenvalue weighted by molar-refractivity contribution is -0.116. The summed E-state index contributed by atoms with van der Waals surface area (Å²) in [6.07, 6.45) is 2.23. The van der Waals surface area contributed by atoms with E-state index in [1.165, 1.54) is 21.2 Å². The van der Waals surface area contributed by atoms with Crippen LogP contribution in [0.15, 0.2) is 45.1 Å². The minimum Gasteiger partial charge on any atom is -0.383 e. The normalized spacial score (nSPS) is 11.0. The Morgan fingerprint density at radius 2 is 1.91 bits per heavy atom. The van der Waals surface area contributed by atoms with Crippen molar-refractivity contribution in [1.82, 2.24) is 24.3 Å². The molecule has 0 radical (unpaired) electrons. The maximum atomic E-state index is 13.2. The number of aromatic nitrogens is 5. The highest BCUT2D eigenvalue weighted by molar-refractivity contribution is 7.99. The number of aromatic amines is 1. The fourth-order valence-electron chi connectivity index (χ4n) is 3.42. The highest BCUT2D eigenvalue weighted by Crippen LogP contribution is 2.22. The molecule has 0 saturated carbocycles. The van der Waals surface area contributed by atoms with E-state index in [1.54, 1.807) is 0 Å². The topological polar surface area (TPSA) is 132 Å². The molecule has 0 saturated heterocycles. The lowest BCUT2D eigenvalue weighted by Crippen LogP contribution is -2.42. The van der Waals surface area contributed by atoms with Crippen molar-refractivity contribution in [3.05, 3.63) is 62.6 Å². The van der Waals surface area contributed by atoms with E-state index in [-0.39, 0.29) is 29.7 Å². The number of nitrogens with two attached hydrogens (primary N) is 1. The summed E-state index contributed by atoms with van der Waals surface area (Å²) < 4.78 is 3.12. The van der Waals surface area contributed by atoms with E-state index in [2.05, 4.69) is 15.2 Å². The smallest absolute Gasteiger partial charge is 0.330 e. The van der Waals surface area contributed by atoms with Gasteiger partial charge in [-0.15, -0.1) is 10.2 Å². The molecule has 3 aromatic rings. The number of nitrogens with zero attached hydrogens (tertiary/aromatic N) is 5. The van der Waals surface area contributed by atoms with E-state index in [1.807, 2.05) is 55.8 Å². The molecule has 10 nitrogen and oxygen atoms in total. The summed E-state index contributed by atoms with van der Waals surface area (Å²) in [5, 5.41) is 8.85. The number of rotatable bonds is 10. The van der Waals surface area contributed by atoms with Gasteiger partial charge in [0.2, 0.25) is 5.91 Å². The van der Waals surface area contributed by atoms with Crippen LogP contribution in [0.1, 0.15) is 38.1 Å². The van der Waals surface area contributed by atoms with Crippen molar-refractivity contribution in [3.63, 3.8) is 0 Å². The summed E-state index contributed by atoms with van der Waals surface area (Å²) >= 11 is 1.25. The number of thioether (sulfide) groups is 1. The molecule has 0 bridgehead atoms. The first-order valence-electron chi connectivity index (χ1n) is 10.8. The van der Waals surface area contributed by atoms with Gasteiger partial charge in [0, 0.05) is 20.0 Å². The zero-order valence-corrected chi connectivity index (χ0v) is 19.9. The first-order chi connectivity index (χ1) is 15.9. The van der Waals surface area contributed by atoms with Crippen LogP contribution in [0, 0.1) is 0 Å². The molecular formula is C22H29N7O3S. The van der Waals surface area contributed by atoms with Gasteiger partial charge in [-0.05, 0) is 12.0 Å². The first kappa shape index (κ1) is 24.3. The van der Waals surface area contributed by atoms with Crippen molar-refractivity contribution >= 4 is 29.2 Å². The lowest BCUT2D eigenvalue weighted by Gasteiger charge is -2.24. The molecule has 0 aliphatic carbocycles. The average Bonchev–Trinajstić information content (AvgIpc) is 3.17. The zero-order chi connectivity index (χ0) is 24.0. The third-order valence-corrected chi connectivity index (χ3v) is 6.27. The fourth-order valence-corrected chi connectivity index (χ4v) is 4.23. The predicted molar refractivity (Wildman–Crippen MR) is 130 cm³/mol. The van der Waals surface area contributed by atoms with E-state index in [0.717, 1.165) is 24.2 Å². The number of carbonyl (C=O) groups is 1. The number of anilines is 2. The van der Waals surface area contributed by atoms with Crippen LogP contribution in [0.25, 0.3) is 0 Å². The second-order valence-corrected chi connectivity index (χ2v) is 8.51. The van der Waals surface area contributed by atoms with Crippen LogP contribution in [-0.4, -0.2) is 42.5 Å². The van der Waals surface area contributed by atoms with Crippen molar-refractivity contribution in [3.8, 4) is 0 Å². The van der Waals surface area contributed by atoms with Crippen LogP contribution < -0.4 is 21.9 Å². The summed E-state index contributed by atoms with van der Waals surface area (Å²) in [7, 11) is 1.85. The van der Waals surface area contributed by atoms with Gasteiger partial charge in [-0.25, -0.2) is 4.79 Å². The maximum absolute atomic E-state index is 13.2. The van der Waals surface area contributed by atoms with Gasteiger partial charge in [-0.1, -0.05) is 62.4 Å².